The molecule has 0 saturated heterocycles. The number of ether oxygens (including phenoxy) is 1. The first-order chi connectivity index (χ1) is 12.7. The van der Waals surface area contributed by atoms with Gasteiger partial charge in [0.2, 0.25) is 11.9 Å². The number of hydrogen-bond donors (Lipinski definition) is 3. The van der Waals surface area contributed by atoms with Gasteiger partial charge in [0, 0.05) is 24.9 Å². The fraction of sp³-hybridized carbons (Fsp3) is 0.789. The molecule has 9 nitrogen and oxygen atoms in total. The van der Waals surface area contributed by atoms with E-state index in [1.807, 2.05) is 27.7 Å². The summed E-state index contributed by atoms with van der Waals surface area (Å²) < 4.78 is 5.76. The molecule has 0 aromatic rings. The molecule has 0 aromatic heterocycles. The van der Waals surface area contributed by atoms with Gasteiger partial charge in [0.25, 0.3) is 5.91 Å². The number of nitrogens with one attached hydrogen (secondary N) is 1. The summed E-state index contributed by atoms with van der Waals surface area (Å²) in [5.74, 6) is -3.71. The minimum atomic E-state index is -1.59. The maximum absolute atomic E-state index is 12.9. The van der Waals surface area contributed by atoms with Crippen LogP contribution in [-0.4, -0.2) is 66.0 Å². The summed E-state index contributed by atoms with van der Waals surface area (Å²) >= 11 is 0. The second kappa shape index (κ2) is 8.89. The lowest BCUT2D eigenvalue weighted by Crippen LogP contribution is -2.57. The maximum atomic E-state index is 12.9. The van der Waals surface area contributed by atoms with Gasteiger partial charge in [0.15, 0.2) is 0 Å². The highest BCUT2D eigenvalue weighted by atomic mass is 16.5. The SMILES string of the molecule is CN(C)C(=O)C(NC(=O)[C@@H](N)CC(=O)O)C(=O)OC1C(C)(C)CCCC1(C)C. The zero-order chi connectivity index (χ0) is 21.9. The van der Waals surface area contributed by atoms with Gasteiger partial charge in [-0.1, -0.05) is 34.1 Å². The number of nitrogens with zero attached hydrogens (tertiary/aromatic N) is 1. The lowest BCUT2D eigenvalue weighted by Gasteiger charge is -2.48. The molecule has 0 spiro atoms. The molecule has 1 aliphatic carbocycles. The van der Waals surface area contributed by atoms with Gasteiger partial charge in [0.1, 0.15) is 6.10 Å². The van der Waals surface area contributed by atoms with Crippen molar-refractivity contribution in [3.63, 3.8) is 0 Å². The molecule has 28 heavy (non-hydrogen) atoms. The molecule has 160 valence electrons. The zero-order valence-electron chi connectivity index (χ0n) is 17.6. The van der Waals surface area contributed by atoms with Crippen molar-refractivity contribution in [1.82, 2.24) is 10.2 Å². The van der Waals surface area contributed by atoms with Gasteiger partial charge in [-0.15, -0.1) is 0 Å². The molecule has 1 aliphatic rings. The van der Waals surface area contributed by atoms with Crippen LogP contribution in [0.5, 0.6) is 0 Å². The second-order valence-electron chi connectivity index (χ2n) is 9.03. The lowest BCUT2D eigenvalue weighted by atomic mass is 9.63. The predicted octanol–water partition coefficient (Wildman–Crippen LogP) is 0.510. The minimum Gasteiger partial charge on any atom is -0.481 e. The number of carbonyl (C=O) groups excluding carboxylic acids is 3. The van der Waals surface area contributed by atoms with Crippen molar-refractivity contribution < 1.29 is 29.0 Å². The lowest BCUT2D eigenvalue weighted by molar-refractivity contribution is -0.176. The first-order valence-electron chi connectivity index (χ1n) is 9.38. The molecule has 1 unspecified atom stereocenters. The first kappa shape index (κ1) is 23.9. The zero-order valence-corrected chi connectivity index (χ0v) is 17.6. The highest BCUT2D eigenvalue weighted by molar-refractivity contribution is 6.05. The second-order valence-corrected chi connectivity index (χ2v) is 9.03. The molecule has 0 bridgehead atoms. The van der Waals surface area contributed by atoms with Gasteiger partial charge < -0.3 is 25.8 Å². The van der Waals surface area contributed by atoms with Crippen molar-refractivity contribution in [1.29, 1.82) is 0 Å². The Labute approximate surface area is 166 Å². The third-order valence-electron chi connectivity index (χ3n) is 5.24. The summed E-state index contributed by atoms with van der Waals surface area (Å²) in [6, 6.07) is -2.97. The van der Waals surface area contributed by atoms with Crippen molar-refractivity contribution in [2.75, 3.05) is 14.1 Å². The molecule has 2 atom stereocenters. The smallest absolute Gasteiger partial charge is 0.338 e. The van der Waals surface area contributed by atoms with Crippen LogP contribution in [0.4, 0.5) is 0 Å². The van der Waals surface area contributed by atoms with Crippen molar-refractivity contribution in [2.24, 2.45) is 16.6 Å². The molecular weight excluding hydrogens is 366 g/mol. The Morgan fingerprint density at radius 2 is 1.64 bits per heavy atom. The number of nitrogens with two attached hydrogens (primary N) is 1. The number of likely N-dealkylation sites (N-methyl/N-ethyl adjacent to an activating group) is 1. The van der Waals surface area contributed by atoms with Crippen molar-refractivity contribution in [3.8, 4) is 0 Å². The van der Waals surface area contributed by atoms with Gasteiger partial charge in [-0.05, 0) is 12.8 Å². The van der Waals surface area contributed by atoms with Crippen LogP contribution in [0.3, 0.4) is 0 Å². The van der Waals surface area contributed by atoms with E-state index in [9.17, 15) is 19.2 Å². The number of amides is 2. The largest absolute Gasteiger partial charge is 0.481 e. The standard InChI is InChI=1S/C19H33N3O6/c1-18(2)8-7-9-19(3,4)17(18)28-16(27)13(15(26)22(5)6)21-14(25)11(20)10-12(23)24/h11,13,17H,7-10,20H2,1-6H3,(H,21,25)(H,23,24)/t11-,13?/m0/s1. The molecule has 1 fully saturated rings. The predicted molar refractivity (Wildman–Crippen MR) is 102 cm³/mol. The van der Waals surface area contributed by atoms with E-state index in [0.29, 0.717) is 0 Å². The Bertz CT molecular complexity index is 613. The molecule has 1 saturated carbocycles. The van der Waals surface area contributed by atoms with Crippen LogP contribution >= 0.6 is 0 Å². The van der Waals surface area contributed by atoms with Gasteiger partial charge >= 0.3 is 11.9 Å². The number of carboxylic acid groups (broad SMARTS) is 1. The summed E-state index contributed by atoms with van der Waals surface area (Å²) in [5, 5.41) is 11.0. The fourth-order valence-corrected chi connectivity index (χ4v) is 3.83. The van der Waals surface area contributed by atoms with E-state index in [1.165, 1.54) is 14.1 Å². The highest BCUT2D eigenvalue weighted by Crippen LogP contribution is 2.47. The third kappa shape index (κ3) is 5.92. The highest BCUT2D eigenvalue weighted by Gasteiger charge is 2.48. The van der Waals surface area contributed by atoms with Crippen LogP contribution in [0.15, 0.2) is 0 Å². The van der Waals surface area contributed by atoms with Gasteiger partial charge in [-0.25, -0.2) is 4.79 Å². The van der Waals surface area contributed by atoms with E-state index in [-0.39, 0.29) is 10.8 Å². The fourth-order valence-electron chi connectivity index (χ4n) is 3.83. The quantitative estimate of drug-likeness (QED) is 0.419. The molecule has 1 rings (SSSR count). The Kier molecular flexibility index (Phi) is 7.59. The average Bonchev–Trinajstić information content (AvgIpc) is 2.53. The summed E-state index contributed by atoms with van der Waals surface area (Å²) in [5.41, 5.74) is 4.97. The molecule has 0 aliphatic heterocycles. The molecule has 0 heterocycles. The van der Waals surface area contributed by atoms with E-state index >= 15 is 0 Å². The number of carboxylic acids is 1. The average molecular weight is 399 g/mol. The maximum Gasteiger partial charge on any atom is 0.338 e. The summed E-state index contributed by atoms with van der Waals surface area (Å²) in [6.07, 6.45) is 1.69. The van der Waals surface area contributed by atoms with Crippen LogP contribution in [0, 0.1) is 10.8 Å². The minimum absolute atomic E-state index is 0.285. The van der Waals surface area contributed by atoms with Crippen molar-refractivity contribution in [3.05, 3.63) is 0 Å². The van der Waals surface area contributed by atoms with E-state index in [4.69, 9.17) is 15.6 Å². The Balaban J connectivity index is 3.04. The number of rotatable bonds is 7. The molecule has 0 aromatic carbocycles. The topological polar surface area (TPSA) is 139 Å². The molecule has 4 N–H and O–H groups in total. The molecular formula is C19H33N3O6. The summed E-state index contributed by atoms with van der Waals surface area (Å²) in [4.78, 5) is 49.5. The number of carbonyl (C=O) groups is 4. The number of esters is 1. The van der Waals surface area contributed by atoms with E-state index in [0.717, 1.165) is 24.2 Å². The van der Waals surface area contributed by atoms with E-state index in [2.05, 4.69) is 5.32 Å². The van der Waals surface area contributed by atoms with E-state index < -0.39 is 48.4 Å². The van der Waals surface area contributed by atoms with Gasteiger partial charge in [0.05, 0.1) is 12.5 Å². The van der Waals surface area contributed by atoms with Crippen molar-refractivity contribution >= 4 is 23.8 Å². The van der Waals surface area contributed by atoms with Crippen LogP contribution in [0.25, 0.3) is 0 Å². The molecule has 2 amide bonds. The van der Waals surface area contributed by atoms with Crippen LogP contribution in [0.1, 0.15) is 53.4 Å². The summed E-state index contributed by atoms with van der Waals surface area (Å²) in [7, 11) is 2.89. The summed E-state index contributed by atoms with van der Waals surface area (Å²) in [6.45, 7) is 8.04. The normalized spacial score (nSPS) is 20.5. The Morgan fingerprint density at radius 1 is 1.14 bits per heavy atom. The Morgan fingerprint density at radius 3 is 2.07 bits per heavy atom. The van der Waals surface area contributed by atoms with Crippen molar-refractivity contribution in [2.45, 2.75) is 71.6 Å². The van der Waals surface area contributed by atoms with Gasteiger partial charge in [-0.2, -0.15) is 0 Å². The molecule has 9 heteroatoms. The first-order valence-corrected chi connectivity index (χ1v) is 9.38. The number of hydrogen-bond acceptors (Lipinski definition) is 6. The van der Waals surface area contributed by atoms with E-state index in [1.54, 1.807) is 0 Å². The van der Waals surface area contributed by atoms with Crippen LogP contribution in [0.2, 0.25) is 0 Å². The third-order valence-corrected chi connectivity index (χ3v) is 5.24. The Hall–Kier alpha value is -2.16. The van der Waals surface area contributed by atoms with Gasteiger partial charge in [-0.3, -0.25) is 14.4 Å². The van der Waals surface area contributed by atoms with Crippen LogP contribution in [-0.2, 0) is 23.9 Å². The van der Waals surface area contributed by atoms with Crippen LogP contribution < -0.4 is 11.1 Å². The monoisotopic (exact) mass is 399 g/mol. The molecule has 0 radical (unpaired) electrons. The number of aliphatic carboxylic acids is 1.